The van der Waals surface area contributed by atoms with Gasteiger partial charge in [-0.1, -0.05) is 11.6 Å². The van der Waals surface area contributed by atoms with Gasteiger partial charge in [0.2, 0.25) is 0 Å². The summed E-state index contributed by atoms with van der Waals surface area (Å²) in [5.74, 6) is 1.35. The van der Waals surface area contributed by atoms with Crippen molar-refractivity contribution in [1.82, 2.24) is 10.2 Å². The SMILES string of the molecule is CCOc1cc(CN2CCCC(NC)C2)cc(Cl)c1OC.Cl. The van der Waals surface area contributed by atoms with Gasteiger partial charge < -0.3 is 14.8 Å². The first-order valence-corrected chi connectivity index (χ1v) is 7.94. The molecule has 0 saturated carbocycles. The second-order valence-electron chi connectivity index (χ2n) is 5.40. The average Bonchev–Trinajstić information content (AvgIpc) is 2.47. The van der Waals surface area contributed by atoms with Crippen LogP contribution in [0.5, 0.6) is 11.5 Å². The number of likely N-dealkylation sites (N-methyl/N-ethyl adjacent to an activating group) is 1. The van der Waals surface area contributed by atoms with E-state index in [0.717, 1.165) is 25.4 Å². The predicted octanol–water partition coefficient (Wildman–Crippen LogP) is 3.35. The van der Waals surface area contributed by atoms with Crippen molar-refractivity contribution < 1.29 is 9.47 Å². The van der Waals surface area contributed by atoms with Crippen molar-refractivity contribution in [2.45, 2.75) is 32.4 Å². The second kappa shape index (κ2) is 9.46. The topological polar surface area (TPSA) is 33.7 Å². The first-order valence-electron chi connectivity index (χ1n) is 7.56. The van der Waals surface area contributed by atoms with Crippen molar-refractivity contribution in [2.75, 3.05) is 33.9 Å². The van der Waals surface area contributed by atoms with Gasteiger partial charge in [-0.2, -0.15) is 0 Å². The third-order valence-corrected chi connectivity index (χ3v) is 4.17. The Balaban J connectivity index is 0.00000242. The summed E-state index contributed by atoms with van der Waals surface area (Å²) in [6.45, 7) is 5.65. The summed E-state index contributed by atoms with van der Waals surface area (Å²) in [7, 11) is 3.65. The molecule has 1 aliphatic rings. The van der Waals surface area contributed by atoms with Gasteiger partial charge in [0, 0.05) is 19.1 Å². The number of benzene rings is 1. The van der Waals surface area contributed by atoms with E-state index in [9.17, 15) is 0 Å². The van der Waals surface area contributed by atoms with Crippen molar-refractivity contribution in [1.29, 1.82) is 0 Å². The Labute approximate surface area is 144 Å². The lowest BCUT2D eigenvalue weighted by Gasteiger charge is -2.32. The Bertz CT molecular complexity index is 472. The number of hydrogen-bond donors (Lipinski definition) is 1. The van der Waals surface area contributed by atoms with Gasteiger partial charge >= 0.3 is 0 Å². The molecule has 1 N–H and O–H groups in total. The van der Waals surface area contributed by atoms with Gasteiger partial charge in [0.25, 0.3) is 0 Å². The molecule has 1 fully saturated rings. The molecule has 6 heteroatoms. The molecule has 0 aliphatic carbocycles. The van der Waals surface area contributed by atoms with Crippen molar-refractivity contribution >= 4 is 24.0 Å². The monoisotopic (exact) mass is 348 g/mol. The molecule has 0 radical (unpaired) electrons. The molecule has 1 saturated heterocycles. The third-order valence-electron chi connectivity index (χ3n) is 3.89. The number of halogens is 2. The van der Waals surface area contributed by atoms with E-state index in [-0.39, 0.29) is 12.4 Å². The van der Waals surface area contributed by atoms with Crippen LogP contribution >= 0.6 is 24.0 Å². The number of likely N-dealkylation sites (tertiary alicyclic amines) is 1. The molecule has 1 aromatic rings. The smallest absolute Gasteiger partial charge is 0.179 e. The van der Waals surface area contributed by atoms with Crippen molar-refractivity contribution in [3.05, 3.63) is 22.7 Å². The van der Waals surface area contributed by atoms with E-state index in [0.29, 0.717) is 23.4 Å². The lowest BCUT2D eigenvalue weighted by Crippen LogP contribution is -2.43. The quantitative estimate of drug-likeness (QED) is 0.854. The van der Waals surface area contributed by atoms with Crippen LogP contribution in [0.4, 0.5) is 0 Å². The number of hydrogen-bond acceptors (Lipinski definition) is 4. The molecule has 1 aliphatic heterocycles. The Morgan fingerprint density at radius 2 is 2.18 bits per heavy atom. The number of ether oxygens (including phenoxy) is 2. The Morgan fingerprint density at radius 1 is 1.41 bits per heavy atom. The van der Waals surface area contributed by atoms with E-state index >= 15 is 0 Å². The van der Waals surface area contributed by atoms with E-state index in [2.05, 4.69) is 10.2 Å². The molecule has 0 bridgehead atoms. The maximum atomic E-state index is 6.31. The first kappa shape index (κ1) is 19.4. The Kier molecular flexibility index (Phi) is 8.33. The summed E-state index contributed by atoms with van der Waals surface area (Å²) in [6.07, 6.45) is 2.48. The van der Waals surface area contributed by atoms with Gasteiger partial charge in [-0.25, -0.2) is 0 Å². The molecule has 0 amide bonds. The van der Waals surface area contributed by atoms with Crippen LogP contribution in [0.15, 0.2) is 12.1 Å². The van der Waals surface area contributed by atoms with Gasteiger partial charge in [0.05, 0.1) is 18.7 Å². The standard InChI is InChI=1S/C16H25ClN2O2.ClH/c1-4-21-15-9-12(8-14(17)16(15)20-3)10-19-7-5-6-13(11-19)18-2;/h8-9,13,18H,4-7,10-11H2,1-3H3;1H. The summed E-state index contributed by atoms with van der Waals surface area (Å²) in [5.41, 5.74) is 1.17. The maximum absolute atomic E-state index is 6.31. The zero-order chi connectivity index (χ0) is 15.2. The fourth-order valence-corrected chi connectivity index (χ4v) is 3.18. The average molecular weight is 349 g/mol. The largest absolute Gasteiger partial charge is 0.491 e. The molecule has 126 valence electrons. The van der Waals surface area contributed by atoms with E-state index in [1.54, 1.807) is 7.11 Å². The zero-order valence-corrected chi connectivity index (χ0v) is 15.1. The number of methoxy groups -OCH3 is 1. The fourth-order valence-electron chi connectivity index (χ4n) is 2.87. The van der Waals surface area contributed by atoms with Gasteiger partial charge in [-0.05, 0) is 51.1 Å². The van der Waals surface area contributed by atoms with Crippen molar-refractivity contribution in [3.63, 3.8) is 0 Å². The summed E-state index contributed by atoms with van der Waals surface area (Å²) in [6, 6.07) is 4.60. The number of rotatable bonds is 6. The lowest BCUT2D eigenvalue weighted by molar-refractivity contribution is 0.187. The summed E-state index contributed by atoms with van der Waals surface area (Å²) in [4.78, 5) is 2.46. The minimum absolute atomic E-state index is 0. The summed E-state index contributed by atoms with van der Waals surface area (Å²) < 4.78 is 11.0. The van der Waals surface area contributed by atoms with Gasteiger partial charge in [0.15, 0.2) is 11.5 Å². The van der Waals surface area contributed by atoms with E-state index in [4.69, 9.17) is 21.1 Å². The molecular weight excluding hydrogens is 323 g/mol. The lowest BCUT2D eigenvalue weighted by atomic mass is 10.0. The van der Waals surface area contributed by atoms with E-state index in [1.807, 2.05) is 26.1 Å². The van der Waals surface area contributed by atoms with Crippen LogP contribution in [0, 0.1) is 0 Å². The molecule has 1 aromatic carbocycles. The zero-order valence-electron chi connectivity index (χ0n) is 13.5. The molecule has 2 rings (SSSR count). The number of nitrogens with one attached hydrogen (secondary N) is 1. The maximum Gasteiger partial charge on any atom is 0.179 e. The van der Waals surface area contributed by atoms with Crippen LogP contribution in [0.2, 0.25) is 5.02 Å². The highest BCUT2D eigenvalue weighted by molar-refractivity contribution is 6.32. The molecular formula is C16H26Cl2N2O2. The van der Waals surface area contributed by atoms with E-state index < -0.39 is 0 Å². The van der Waals surface area contributed by atoms with Crippen LogP contribution < -0.4 is 14.8 Å². The molecule has 0 aromatic heterocycles. The Morgan fingerprint density at radius 3 is 2.82 bits per heavy atom. The predicted molar refractivity (Wildman–Crippen MR) is 93.8 cm³/mol. The van der Waals surface area contributed by atoms with E-state index in [1.165, 1.54) is 18.4 Å². The molecule has 1 heterocycles. The van der Waals surface area contributed by atoms with Gasteiger partial charge in [-0.3, -0.25) is 4.90 Å². The normalized spacial score (nSPS) is 18.6. The minimum atomic E-state index is 0. The number of nitrogens with zero attached hydrogens (tertiary/aromatic N) is 1. The van der Waals surface area contributed by atoms with Crippen molar-refractivity contribution in [3.8, 4) is 11.5 Å². The highest BCUT2D eigenvalue weighted by atomic mass is 35.5. The third kappa shape index (κ3) is 4.92. The van der Waals surface area contributed by atoms with Crippen LogP contribution in [-0.2, 0) is 6.54 Å². The molecule has 1 unspecified atom stereocenters. The van der Waals surface area contributed by atoms with Crippen LogP contribution in [0.25, 0.3) is 0 Å². The van der Waals surface area contributed by atoms with Gasteiger partial charge in [0.1, 0.15) is 0 Å². The fraction of sp³-hybridized carbons (Fsp3) is 0.625. The van der Waals surface area contributed by atoms with Crippen LogP contribution in [-0.4, -0.2) is 44.8 Å². The van der Waals surface area contributed by atoms with Crippen LogP contribution in [0.3, 0.4) is 0 Å². The second-order valence-corrected chi connectivity index (χ2v) is 5.81. The molecule has 1 atom stereocenters. The van der Waals surface area contributed by atoms with Crippen LogP contribution in [0.1, 0.15) is 25.3 Å². The highest BCUT2D eigenvalue weighted by Gasteiger charge is 2.19. The Hall–Kier alpha value is -0.680. The summed E-state index contributed by atoms with van der Waals surface area (Å²) in [5, 5.41) is 3.98. The van der Waals surface area contributed by atoms with Gasteiger partial charge in [-0.15, -0.1) is 12.4 Å². The number of piperidine rings is 1. The molecule has 0 spiro atoms. The highest BCUT2D eigenvalue weighted by Crippen LogP contribution is 2.36. The van der Waals surface area contributed by atoms with Crippen molar-refractivity contribution in [2.24, 2.45) is 0 Å². The first-order chi connectivity index (χ1) is 10.2. The summed E-state index contributed by atoms with van der Waals surface area (Å²) >= 11 is 6.31. The minimum Gasteiger partial charge on any atom is -0.491 e. The molecule has 22 heavy (non-hydrogen) atoms. The molecule has 4 nitrogen and oxygen atoms in total.